The number of benzene rings is 5. The minimum atomic E-state index is -4.92. The Kier molecular flexibility index (Phi) is 10.5. The fourth-order valence-electron chi connectivity index (χ4n) is 7.68. The summed E-state index contributed by atoms with van der Waals surface area (Å²) in [6.07, 6.45) is -9.83. The first-order valence-electron chi connectivity index (χ1n) is 17.9. The van der Waals surface area contributed by atoms with Crippen molar-refractivity contribution in [1.29, 1.82) is 42.1 Å². The van der Waals surface area contributed by atoms with Gasteiger partial charge in [0.2, 0.25) is 0 Å². The maximum Gasteiger partial charge on any atom is 0.416 e. The molecule has 0 atom stereocenters. The third-order valence-corrected chi connectivity index (χ3v) is 10.3. The molecule has 0 unspecified atom stereocenters. The van der Waals surface area contributed by atoms with Crippen LogP contribution in [0.2, 0.25) is 0 Å². The molecule has 0 aromatic heterocycles. The smallest absolute Gasteiger partial charge is 0.205 e. The predicted octanol–water partition coefficient (Wildman–Crippen LogP) is 11.8. The number of alkyl halides is 6. The van der Waals surface area contributed by atoms with Crippen molar-refractivity contribution < 1.29 is 35.1 Å². The van der Waals surface area contributed by atoms with Crippen molar-refractivity contribution in [3.63, 3.8) is 0 Å². The van der Waals surface area contributed by atoms with Crippen LogP contribution in [0, 0.1) is 90.6 Å². The first-order valence-corrected chi connectivity index (χ1v) is 17.9. The van der Waals surface area contributed by atoms with E-state index in [4.69, 9.17) is 0 Å². The summed E-state index contributed by atoms with van der Waals surface area (Å²) in [6, 6.07) is 26.7. The molecule has 8 nitrogen and oxygen atoms in total. The summed E-state index contributed by atoms with van der Waals surface area (Å²) in [6.45, 7) is 0. The van der Waals surface area contributed by atoms with E-state index in [0.29, 0.717) is 24.3 Å². The van der Waals surface area contributed by atoms with Crippen molar-refractivity contribution in [1.82, 2.24) is 0 Å². The topological polar surface area (TPSA) is 190 Å². The van der Waals surface area contributed by atoms with Gasteiger partial charge in [-0.05, 0) is 94.0 Å². The summed E-state index contributed by atoms with van der Waals surface area (Å²) in [5.74, 6) is -2.96. The van der Waals surface area contributed by atoms with Gasteiger partial charge in [0.05, 0.1) is 80.0 Å². The summed E-state index contributed by atoms with van der Waals surface area (Å²) in [7, 11) is 0. The maximum absolute atomic E-state index is 17.5. The van der Waals surface area contributed by atoms with E-state index in [1.807, 2.05) is 0 Å². The molecule has 0 heterocycles. The van der Waals surface area contributed by atoms with Crippen LogP contribution in [0.1, 0.15) is 66.8 Å². The molecular weight excluding hydrogens is 841 g/mol. The molecule has 2 aliphatic carbocycles. The van der Waals surface area contributed by atoms with Crippen LogP contribution >= 0.6 is 0 Å². The average molecular weight is 855 g/mol. The molecule has 0 saturated heterocycles. The molecule has 0 fully saturated rings. The molecule has 0 amide bonds. The third-order valence-electron chi connectivity index (χ3n) is 10.3. The second kappa shape index (κ2) is 15.8. The van der Waals surface area contributed by atoms with Gasteiger partial charge in [0.1, 0.15) is 24.3 Å². The van der Waals surface area contributed by atoms with Crippen LogP contribution in [0.5, 0.6) is 0 Å². The van der Waals surface area contributed by atoms with Crippen LogP contribution in [0.3, 0.4) is 0 Å². The summed E-state index contributed by atoms with van der Waals surface area (Å²) >= 11 is 0. The maximum atomic E-state index is 17.5. The second-order valence-corrected chi connectivity index (χ2v) is 13.8. The lowest BCUT2D eigenvalue weighted by molar-refractivity contribution is -0.138. The van der Waals surface area contributed by atoms with Crippen LogP contribution < -0.4 is 0 Å². The summed E-state index contributed by atoms with van der Waals surface area (Å²) in [5.41, 5.74) is -12.2. The van der Waals surface area contributed by atoms with Gasteiger partial charge in [-0.2, -0.15) is 68.4 Å². The van der Waals surface area contributed by atoms with Gasteiger partial charge in [0, 0.05) is 33.4 Å². The minimum absolute atomic E-state index is 0.191. The minimum Gasteiger partial charge on any atom is -0.205 e. The summed E-state index contributed by atoms with van der Waals surface area (Å²) in [5, 5.41) is 82.0. The highest BCUT2D eigenvalue weighted by atomic mass is 19.4. The Morgan fingerprint density at radius 3 is 0.906 bits per heavy atom. The Morgan fingerprint density at radius 2 is 0.672 bits per heavy atom. The molecule has 64 heavy (non-hydrogen) atoms. The molecule has 0 bridgehead atoms. The van der Waals surface area contributed by atoms with Crippen LogP contribution in [0.15, 0.2) is 96.6 Å². The Bertz CT molecular complexity index is 3140. The molecule has 7 rings (SSSR count). The van der Waals surface area contributed by atoms with Gasteiger partial charge in [-0.25, -0.2) is 8.78 Å². The van der Waals surface area contributed by atoms with E-state index in [1.54, 1.807) is 48.6 Å². The van der Waals surface area contributed by atoms with Crippen LogP contribution in [-0.2, 0) is 12.4 Å². The number of fused-ring (bicyclic) bond motifs is 2. The zero-order chi connectivity index (χ0) is 46.4. The highest BCUT2D eigenvalue weighted by molar-refractivity contribution is 6.25. The Balaban J connectivity index is 1.82. The molecule has 5 aromatic carbocycles. The SMILES string of the molecule is N#CC1=C(F)/C(=C(/C#N)c2cc(C#N)cc(C#N)c2)c2c1c(-c1ccc(C(F)(F)F)cc1)c1c(c2-c2ccc(C(F)(F)F)cc2)C(C#N)=C(F)/C1=C(/C#N)c1cc(C#N)cc(C#N)c1. The second-order valence-electron chi connectivity index (χ2n) is 13.8. The molecule has 0 aliphatic heterocycles. The van der Waals surface area contributed by atoms with Crippen molar-refractivity contribution in [2.45, 2.75) is 12.4 Å². The van der Waals surface area contributed by atoms with Gasteiger partial charge in [0.25, 0.3) is 0 Å². The third kappa shape index (κ3) is 6.83. The van der Waals surface area contributed by atoms with E-state index >= 15 is 8.78 Å². The van der Waals surface area contributed by atoms with E-state index in [9.17, 15) is 68.4 Å². The van der Waals surface area contributed by atoms with Crippen molar-refractivity contribution in [2.75, 3.05) is 0 Å². The molecule has 16 heteroatoms. The van der Waals surface area contributed by atoms with Crippen molar-refractivity contribution in [3.8, 4) is 70.8 Å². The van der Waals surface area contributed by atoms with E-state index in [0.717, 1.165) is 60.7 Å². The Hall–Kier alpha value is -9.58. The Morgan fingerprint density at radius 1 is 0.375 bits per heavy atom. The fourth-order valence-corrected chi connectivity index (χ4v) is 7.68. The number of hydrogen-bond donors (Lipinski definition) is 0. The van der Waals surface area contributed by atoms with E-state index in [2.05, 4.69) is 0 Å². The highest BCUT2D eigenvalue weighted by Gasteiger charge is 2.44. The highest BCUT2D eigenvalue weighted by Crippen LogP contribution is 2.61. The quantitative estimate of drug-likeness (QED) is 0.126. The van der Waals surface area contributed by atoms with Gasteiger partial charge < -0.3 is 0 Å². The first kappa shape index (κ1) is 42.5. The number of nitriles is 8. The molecule has 2 aliphatic rings. The summed E-state index contributed by atoms with van der Waals surface area (Å²) in [4.78, 5) is 0. The largest absolute Gasteiger partial charge is 0.416 e. The molecular formula is C48H14F8N8. The van der Waals surface area contributed by atoms with Crippen molar-refractivity contribution in [2.24, 2.45) is 0 Å². The monoisotopic (exact) mass is 854 g/mol. The van der Waals surface area contributed by atoms with E-state index in [1.165, 1.54) is 0 Å². The number of nitrogens with zero attached hydrogens (tertiary/aromatic N) is 8. The lowest BCUT2D eigenvalue weighted by atomic mass is 9.77. The molecule has 5 aromatic rings. The standard InChI is InChI=1S/C48H14F8N8/c49-45-35(21-63)39-37(27-1-5-31(6-2-27)47(51,52)53)43-40(36(22-64)46(50)41(43)33(19-61)29-11-23(15-57)9-24(12-29)16-58)38(28-3-7-32(8-4-28)48(54,55)56)44(39)42(45)34(20-62)30-13-25(17-59)10-26(14-30)18-60/h1-14H/b41-33-,42-34-. The first-order chi connectivity index (χ1) is 30.5. The van der Waals surface area contributed by atoms with Gasteiger partial charge >= 0.3 is 12.4 Å². The van der Waals surface area contributed by atoms with Crippen LogP contribution in [-0.4, -0.2) is 0 Å². The van der Waals surface area contributed by atoms with E-state index in [-0.39, 0.29) is 44.5 Å². The zero-order valence-electron chi connectivity index (χ0n) is 31.7. The number of hydrogen-bond acceptors (Lipinski definition) is 8. The van der Waals surface area contributed by atoms with Gasteiger partial charge in [0.15, 0.2) is 11.7 Å². The lowest BCUT2D eigenvalue weighted by Gasteiger charge is -2.23. The molecule has 0 radical (unpaired) electrons. The Labute approximate surface area is 356 Å². The fraction of sp³-hybridized carbons (Fsp3) is 0.0417. The van der Waals surface area contributed by atoms with Crippen LogP contribution in [0.25, 0.3) is 55.7 Å². The van der Waals surface area contributed by atoms with Crippen molar-refractivity contribution in [3.05, 3.63) is 163 Å². The van der Waals surface area contributed by atoms with Gasteiger partial charge in [-0.1, -0.05) is 24.3 Å². The molecule has 0 N–H and O–H groups in total. The molecule has 0 spiro atoms. The summed E-state index contributed by atoms with van der Waals surface area (Å²) < 4.78 is 119. The van der Waals surface area contributed by atoms with Gasteiger partial charge in [-0.15, -0.1) is 0 Å². The number of allylic oxidation sites excluding steroid dienone is 8. The normalized spacial score (nSPS) is 14.4. The van der Waals surface area contributed by atoms with Crippen molar-refractivity contribution >= 4 is 33.4 Å². The lowest BCUT2D eigenvalue weighted by Crippen LogP contribution is -2.07. The van der Waals surface area contributed by atoms with Crippen LogP contribution in [0.4, 0.5) is 35.1 Å². The number of rotatable bonds is 4. The predicted molar refractivity (Wildman–Crippen MR) is 211 cm³/mol. The van der Waals surface area contributed by atoms with E-state index < -0.39 is 102 Å². The molecule has 302 valence electrons. The van der Waals surface area contributed by atoms with Gasteiger partial charge in [-0.3, -0.25) is 0 Å². The zero-order valence-corrected chi connectivity index (χ0v) is 31.7. The average Bonchev–Trinajstić information content (AvgIpc) is 3.73. The molecule has 0 saturated carbocycles. The number of halogens is 8.